The van der Waals surface area contributed by atoms with Crippen LogP contribution in [-0.2, 0) is 9.53 Å². The predicted molar refractivity (Wildman–Crippen MR) is 62.5 cm³/mol. The van der Waals surface area contributed by atoms with E-state index in [1.165, 1.54) is 7.11 Å². The Balaban J connectivity index is 4.63. The molecule has 0 aromatic heterocycles. The van der Waals surface area contributed by atoms with E-state index in [0.717, 1.165) is 12.8 Å². The van der Waals surface area contributed by atoms with Gasteiger partial charge in [-0.3, -0.25) is 10.1 Å². The van der Waals surface area contributed by atoms with Gasteiger partial charge < -0.3 is 20.1 Å². The van der Waals surface area contributed by atoms with E-state index >= 15 is 0 Å². The average molecular weight is 249 g/mol. The van der Waals surface area contributed by atoms with Gasteiger partial charge in [-0.25, -0.2) is 0 Å². The molecule has 0 spiro atoms. The van der Waals surface area contributed by atoms with Crippen LogP contribution in [0.25, 0.3) is 0 Å². The summed E-state index contributed by atoms with van der Waals surface area (Å²) in [5.74, 6) is -0.460. The fourth-order valence-corrected chi connectivity index (χ4v) is 1.46. The van der Waals surface area contributed by atoms with Crippen LogP contribution >= 0.6 is 0 Å². The Kier molecular flexibility index (Phi) is 8.07. The molecule has 0 aliphatic carbocycles. The molecule has 6 nitrogen and oxygen atoms in total. The second-order valence-electron chi connectivity index (χ2n) is 4.12. The van der Waals surface area contributed by atoms with Crippen LogP contribution in [-0.4, -0.2) is 59.8 Å². The third-order valence-electron chi connectivity index (χ3n) is 2.72. The Morgan fingerprint density at radius 3 is 2.18 bits per heavy atom. The molecule has 0 aromatic carbocycles. The van der Waals surface area contributed by atoms with E-state index in [-0.39, 0.29) is 0 Å². The highest BCUT2D eigenvalue weighted by molar-refractivity contribution is 5.75. The van der Waals surface area contributed by atoms with Crippen LogP contribution in [0, 0.1) is 0 Å². The molecule has 0 heterocycles. The Morgan fingerprint density at radius 2 is 1.82 bits per heavy atom. The number of aliphatic hydroxyl groups is 3. The van der Waals surface area contributed by atoms with Gasteiger partial charge in [-0.2, -0.15) is 0 Å². The number of unbranched alkanes of at least 4 members (excludes halogenated alkanes) is 1. The minimum atomic E-state index is -1.26. The van der Waals surface area contributed by atoms with Gasteiger partial charge in [-0.15, -0.1) is 0 Å². The maximum absolute atomic E-state index is 11.5. The van der Waals surface area contributed by atoms with Gasteiger partial charge in [0, 0.05) is 0 Å². The highest BCUT2D eigenvalue weighted by atomic mass is 16.5. The molecule has 0 aliphatic heterocycles. The van der Waals surface area contributed by atoms with E-state index in [1.807, 2.05) is 6.92 Å². The van der Waals surface area contributed by atoms with Crippen LogP contribution in [0.1, 0.15) is 26.2 Å². The van der Waals surface area contributed by atoms with Crippen LogP contribution in [0.2, 0.25) is 0 Å². The number of hydrogen-bond acceptors (Lipinski definition) is 6. The summed E-state index contributed by atoms with van der Waals surface area (Å²) in [6.45, 7) is 0.616. The first-order chi connectivity index (χ1) is 8.09. The van der Waals surface area contributed by atoms with E-state index in [2.05, 4.69) is 10.1 Å². The molecule has 0 saturated heterocycles. The zero-order chi connectivity index (χ0) is 13.3. The number of methoxy groups -OCH3 is 1. The minimum absolute atomic E-state index is 0.459. The van der Waals surface area contributed by atoms with Gasteiger partial charge in [-0.05, 0) is 6.42 Å². The van der Waals surface area contributed by atoms with E-state index in [9.17, 15) is 20.1 Å². The minimum Gasteiger partial charge on any atom is -0.468 e. The van der Waals surface area contributed by atoms with Gasteiger partial charge in [-0.1, -0.05) is 19.8 Å². The third-order valence-corrected chi connectivity index (χ3v) is 2.72. The lowest BCUT2D eigenvalue weighted by Crippen LogP contribution is -2.60. The smallest absolute Gasteiger partial charge is 0.322 e. The molecule has 0 aromatic rings. The van der Waals surface area contributed by atoms with Crippen molar-refractivity contribution in [2.75, 3.05) is 26.9 Å². The summed E-state index contributed by atoms with van der Waals surface area (Å²) in [6, 6.07) is -0.633. The second kappa shape index (κ2) is 8.41. The average Bonchev–Trinajstić information content (AvgIpc) is 2.39. The number of esters is 1. The third kappa shape index (κ3) is 4.99. The molecule has 0 saturated carbocycles. The summed E-state index contributed by atoms with van der Waals surface area (Å²) < 4.78 is 4.64. The van der Waals surface area contributed by atoms with Crippen LogP contribution < -0.4 is 5.32 Å². The molecule has 0 fully saturated rings. The standard InChI is InChI=1S/C11H23NO5/c1-3-4-5-9(10(16)17-2)12-11(6-13,7-14)8-15/h9,12-15H,3-8H2,1-2H3. The van der Waals surface area contributed by atoms with E-state index in [4.69, 9.17) is 0 Å². The summed E-state index contributed by atoms with van der Waals surface area (Å²) in [5.41, 5.74) is -1.26. The lowest BCUT2D eigenvalue weighted by molar-refractivity contribution is -0.144. The molecule has 0 rings (SSSR count). The van der Waals surface area contributed by atoms with Crippen molar-refractivity contribution in [3.8, 4) is 0 Å². The molecule has 0 aliphatic rings. The van der Waals surface area contributed by atoms with Gasteiger partial charge >= 0.3 is 5.97 Å². The Labute approximate surface area is 102 Å². The number of carbonyl (C=O) groups is 1. The Bertz CT molecular complexity index is 210. The van der Waals surface area contributed by atoms with Gasteiger partial charge in [0.2, 0.25) is 0 Å². The quantitative estimate of drug-likeness (QED) is 0.392. The molecule has 6 heteroatoms. The summed E-state index contributed by atoms with van der Waals surface area (Å²) in [7, 11) is 1.28. The van der Waals surface area contributed by atoms with E-state index < -0.39 is 37.4 Å². The van der Waals surface area contributed by atoms with Crippen molar-refractivity contribution < 1.29 is 24.9 Å². The van der Waals surface area contributed by atoms with Gasteiger partial charge in [0.25, 0.3) is 0 Å². The first-order valence-electron chi connectivity index (χ1n) is 5.77. The first-order valence-corrected chi connectivity index (χ1v) is 5.77. The zero-order valence-electron chi connectivity index (χ0n) is 10.5. The SMILES string of the molecule is CCCCC(NC(CO)(CO)CO)C(=O)OC. The number of carbonyl (C=O) groups excluding carboxylic acids is 1. The van der Waals surface area contributed by atoms with E-state index in [0.29, 0.717) is 6.42 Å². The summed E-state index contributed by atoms with van der Waals surface area (Å²) in [4.78, 5) is 11.5. The molecule has 0 amide bonds. The highest BCUT2D eigenvalue weighted by Gasteiger charge is 2.33. The number of ether oxygens (including phenoxy) is 1. The number of aliphatic hydroxyl groups excluding tert-OH is 3. The predicted octanol–water partition coefficient (Wildman–Crippen LogP) is -0.976. The van der Waals surface area contributed by atoms with E-state index in [1.54, 1.807) is 0 Å². The summed E-state index contributed by atoms with van der Waals surface area (Å²) in [5, 5.41) is 30.3. The molecule has 1 unspecified atom stereocenters. The van der Waals surface area contributed by atoms with Crippen molar-refractivity contribution in [2.24, 2.45) is 0 Å². The lowest BCUT2D eigenvalue weighted by atomic mass is 9.99. The van der Waals surface area contributed by atoms with Crippen molar-refractivity contribution in [1.82, 2.24) is 5.32 Å². The molecule has 4 N–H and O–H groups in total. The van der Waals surface area contributed by atoms with Gasteiger partial charge in [0.15, 0.2) is 0 Å². The van der Waals surface area contributed by atoms with Crippen molar-refractivity contribution in [2.45, 2.75) is 37.8 Å². The fourth-order valence-electron chi connectivity index (χ4n) is 1.46. The van der Waals surface area contributed by atoms with Gasteiger partial charge in [0.05, 0.1) is 32.5 Å². The molecule has 0 radical (unpaired) electrons. The maximum atomic E-state index is 11.5. The Hall–Kier alpha value is -0.690. The topological polar surface area (TPSA) is 99.0 Å². The monoisotopic (exact) mass is 249 g/mol. The van der Waals surface area contributed by atoms with Gasteiger partial charge in [0.1, 0.15) is 6.04 Å². The molecule has 0 bridgehead atoms. The molecule has 1 atom stereocenters. The maximum Gasteiger partial charge on any atom is 0.322 e. The zero-order valence-corrected chi connectivity index (χ0v) is 10.5. The van der Waals surface area contributed by atoms with Crippen molar-refractivity contribution >= 4 is 5.97 Å². The first kappa shape index (κ1) is 16.3. The van der Waals surface area contributed by atoms with Crippen molar-refractivity contribution in [3.63, 3.8) is 0 Å². The molecule has 17 heavy (non-hydrogen) atoms. The number of hydrogen-bond donors (Lipinski definition) is 4. The second-order valence-corrected chi connectivity index (χ2v) is 4.12. The molecular weight excluding hydrogens is 226 g/mol. The van der Waals surface area contributed by atoms with Crippen LogP contribution in [0.15, 0.2) is 0 Å². The number of rotatable bonds is 9. The lowest BCUT2D eigenvalue weighted by Gasteiger charge is -2.32. The highest BCUT2D eigenvalue weighted by Crippen LogP contribution is 2.09. The summed E-state index contributed by atoms with van der Waals surface area (Å²) in [6.07, 6.45) is 2.26. The van der Waals surface area contributed by atoms with Crippen molar-refractivity contribution in [3.05, 3.63) is 0 Å². The van der Waals surface area contributed by atoms with Crippen LogP contribution in [0.3, 0.4) is 0 Å². The van der Waals surface area contributed by atoms with Crippen LogP contribution in [0.5, 0.6) is 0 Å². The normalized spacial score (nSPS) is 13.5. The molecular formula is C11H23NO5. The largest absolute Gasteiger partial charge is 0.468 e. The molecule has 102 valence electrons. The van der Waals surface area contributed by atoms with Crippen LogP contribution in [0.4, 0.5) is 0 Å². The fraction of sp³-hybridized carbons (Fsp3) is 0.909. The summed E-state index contributed by atoms with van der Waals surface area (Å²) >= 11 is 0. The van der Waals surface area contributed by atoms with Crippen molar-refractivity contribution in [1.29, 1.82) is 0 Å². The number of nitrogens with one attached hydrogen (secondary N) is 1. The Morgan fingerprint density at radius 1 is 1.29 bits per heavy atom.